The molecule has 21 heavy (non-hydrogen) atoms. The first-order valence-electron chi connectivity index (χ1n) is 7.33. The van der Waals surface area contributed by atoms with Gasteiger partial charge in [0.15, 0.2) is 0 Å². The molecule has 0 aliphatic rings. The highest BCUT2D eigenvalue weighted by atomic mass is 16.5. The molecule has 0 radical (unpaired) electrons. The molecule has 0 saturated heterocycles. The normalized spacial score (nSPS) is 11.7. The monoisotopic (exact) mass is 293 g/mol. The maximum Gasteiger partial charge on any atom is 0.326 e. The number of benzene rings is 1. The molecule has 1 unspecified atom stereocenters. The molecule has 1 aromatic carbocycles. The number of hydrogen-bond donors (Lipinski definition) is 2. The van der Waals surface area contributed by atoms with Gasteiger partial charge in [-0.3, -0.25) is 4.79 Å². The first kappa shape index (κ1) is 17.0. The summed E-state index contributed by atoms with van der Waals surface area (Å²) in [7, 11) is 0. The summed E-state index contributed by atoms with van der Waals surface area (Å²) in [4.78, 5) is 22.7. The number of rotatable bonds is 10. The van der Waals surface area contributed by atoms with Gasteiger partial charge < -0.3 is 15.2 Å². The predicted octanol–water partition coefficient (Wildman–Crippen LogP) is 2.61. The number of amides is 1. The number of hydrogen-bond acceptors (Lipinski definition) is 3. The lowest BCUT2D eigenvalue weighted by Gasteiger charge is -2.14. The minimum absolute atomic E-state index is 0.241. The number of carboxylic acid groups (broad SMARTS) is 1. The largest absolute Gasteiger partial charge is 0.494 e. The van der Waals surface area contributed by atoms with E-state index < -0.39 is 12.0 Å². The van der Waals surface area contributed by atoms with Gasteiger partial charge in [-0.2, -0.15) is 0 Å². The lowest BCUT2D eigenvalue weighted by atomic mass is 10.1. The Balaban J connectivity index is 2.21. The zero-order valence-electron chi connectivity index (χ0n) is 12.4. The van der Waals surface area contributed by atoms with E-state index in [-0.39, 0.29) is 12.3 Å². The van der Waals surface area contributed by atoms with Crippen LogP contribution in [0.15, 0.2) is 30.3 Å². The average molecular weight is 293 g/mol. The summed E-state index contributed by atoms with van der Waals surface area (Å²) in [5.74, 6) is -0.447. The van der Waals surface area contributed by atoms with Gasteiger partial charge in [-0.1, -0.05) is 38.0 Å². The van der Waals surface area contributed by atoms with Crippen molar-refractivity contribution in [1.82, 2.24) is 5.32 Å². The summed E-state index contributed by atoms with van der Waals surface area (Å²) in [6, 6.07) is 8.59. The fourth-order valence-corrected chi connectivity index (χ4v) is 1.87. The van der Waals surface area contributed by atoms with Gasteiger partial charge in [-0.15, -0.1) is 0 Å². The number of carbonyl (C=O) groups is 2. The molecule has 1 atom stereocenters. The Kier molecular flexibility index (Phi) is 7.94. The summed E-state index contributed by atoms with van der Waals surface area (Å²) in [6.07, 6.45) is 2.99. The van der Waals surface area contributed by atoms with Gasteiger partial charge in [0, 0.05) is 6.42 Å². The summed E-state index contributed by atoms with van der Waals surface area (Å²) in [5, 5.41) is 11.6. The molecule has 0 heterocycles. The van der Waals surface area contributed by atoms with E-state index in [4.69, 9.17) is 9.84 Å². The molecule has 0 fully saturated rings. The van der Waals surface area contributed by atoms with E-state index in [0.29, 0.717) is 19.4 Å². The summed E-state index contributed by atoms with van der Waals surface area (Å²) >= 11 is 0. The van der Waals surface area contributed by atoms with E-state index in [9.17, 15) is 9.59 Å². The van der Waals surface area contributed by atoms with Crippen molar-refractivity contribution in [3.63, 3.8) is 0 Å². The summed E-state index contributed by atoms with van der Waals surface area (Å²) in [5.41, 5.74) is 0. The third-order valence-electron chi connectivity index (χ3n) is 3.04. The van der Waals surface area contributed by atoms with Crippen LogP contribution in [0.25, 0.3) is 0 Å². The Labute approximate surface area is 125 Å². The highest BCUT2D eigenvalue weighted by molar-refractivity contribution is 5.83. The number of carbonyl (C=O) groups excluding carboxylic acids is 1. The van der Waals surface area contributed by atoms with Gasteiger partial charge >= 0.3 is 5.97 Å². The fourth-order valence-electron chi connectivity index (χ4n) is 1.87. The molecule has 116 valence electrons. The van der Waals surface area contributed by atoms with E-state index in [2.05, 4.69) is 5.32 Å². The first-order valence-corrected chi connectivity index (χ1v) is 7.33. The highest BCUT2D eigenvalue weighted by Gasteiger charge is 2.18. The molecule has 1 rings (SSSR count). The van der Waals surface area contributed by atoms with Crippen LogP contribution in [-0.2, 0) is 9.59 Å². The van der Waals surface area contributed by atoms with E-state index in [1.54, 1.807) is 0 Å². The molecule has 0 saturated carbocycles. The highest BCUT2D eigenvalue weighted by Crippen LogP contribution is 2.09. The second-order valence-electron chi connectivity index (χ2n) is 4.87. The minimum atomic E-state index is -0.975. The summed E-state index contributed by atoms with van der Waals surface area (Å²) in [6.45, 7) is 2.42. The molecule has 0 aliphatic heterocycles. The van der Waals surface area contributed by atoms with Gasteiger partial charge in [-0.25, -0.2) is 4.79 Å². The zero-order chi connectivity index (χ0) is 15.5. The number of ether oxygens (including phenoxy) is 1. The number of carboxylic acids is 1. The SMILES string of the molecule is CCCCC(NC(=O)CCCOc1ccccc1)C(=O)O. The Morgan fingerprint density at radius 3 is 2.57 bits per heavy atom. The average Bonchev–Trinajstić information content (AvgIpc) is 2.48. The quantitative estimate of drug-likeness (QED) is 0.650. The van der Waals surface area contributed by atoms with Crippen molar-refractivity contribution in [3.8, 4) is 5.75 Å². The standard InChI is InChI=1S/C16H23NO4/c1-2-3-10-14(16(19)20)17-15(18)11-7-12-21-13-8-5-4-6-9-13/h4-6,8-9,14H,2-3,7,10-12H2,1H3,(H,17,18)(H,19,20). The molecule has 1 aromatic rings. The van der Waals surface area contributed by atoms with E-state index in [1.165, 1.54) is 0 Å². The Morgan fingerprint density at radius 2 is 1.95 bits per heavy atom. The Hall–Kier alpha value is -2.04. The van der Waals surface area contributed by atoms with Crippen LogP contribution in [0.4, 0.5) is 0 Å². The van der Waals surface area contributed by atoms with Crippen molar-refractivity contribution in [2.75, 3.05) is 6.61 Å². The Bertz CT molecular complexity index is 433. The Morgan fingerprint density at radius 1 is 1.24 bits per heavy atom. The van der Waals surface area contributed by atoms with Crippen molar-refractivity contribution in [2.24, 2.45) is 0 Å². The summed E-state index contributed by atoms with van der Waals surface area (Å²) < 4.78 is 5.48. The minimum Gasteiger partial charge on any atom is -0.494 e. The van der Waals surface area contributed by atoms with Gasteiger partial charge in [-0.05, 0) is 25.0 Å². The second-order valence-corrected chi connectivity index (χ2v) is 4.87. The van der Waals surface area contributed by atoms with Crippen LogP contribution in [0.3, 0.4) is 0 Å². The molecule has 5 nitrogen and oxygen atoms in total. The number of unbranched alkanes of at least 4 members (excludes halogenated alkanes) is 1. The predicted molar refractivity (Wildman–Crippen MR) is 80.3 cm³/mol. The number of nitrogens with one attached hydrogen (secondary N) is 1. The van der Waals surface area contributed by atoms with Crippen molar-refractivity contribution >= 4 is 11.9 Å². The molecule has 0 aliphatic carbocycles. The smallest absolute Gasteiger partial charge is 0.326 e. The van der Waals surface area contributed by atoms with Crippen molar-refractivity contribution in [1.29, 1.82) is 0 Å². The lowest BCUT2D eigenvalue weighted by Crippen LogP contribution is -2.40. The van der Waals surface area contributed by atoms with Gasteiger partial charge in [0.2, 0.25) is 5.91 Å². The van der Waals surface area contributed by atoms with Crippen LogP contribution in [0.5, 0.6) is 5.75 Å². The number of para-hydroxylation sites is 1. The van der Waals surface area contributed by atoms with Crippen LogP contribution in [0, 0.1) is 0 Å². The first-order chi connectivity index (χ1) is 10.1. The third-order valence-corrected chi connectivity index (χ3v) is 3.04. The molecular weight excluding hydrogens is 270 g/mol. The molecular formula is C16H23NO4. The molecule has 1 amide bonds. The fraction of sp³-hybridized carbons (Fsp3) is 0.500. The van der Waals surface area contributed by atoms with Crippen LogP contribution in [-0.4, -0.2) is 29.6 Å². The van der Waals surface area contributed by atoms with Crippen molar-refractivity contribution in [3.05, 3.63) is 30.3 Å². The van der Waals surface area contributed by atoms with Crippen LogP contribution in [0.1, 0.15) is 39.0 Å². The molecule has 0 bridgehead atoms. The maximum absolute atomic E-state index is 11.7. The van der Waals surface area contributed by atoms with Crippen molar-refractivity contribution < 1.29 is 19.4 Å². The molecule has 0 aromatic heterocycles. The van der Waals surface area contributed by atoms with E-state index in [0.717, 1.165) is 18.6 Å². The topological polar surface area (TPSA) is 75.6 Å². The molecule has 0 spiro atoms. The van der Waals surface area contributed by atoms with Crippen LogP contribution in [0.2, 0.25) is 0 Å². The van der Waals surface area contributed by atoms with Gasteiger partial charge in [0.1, 0.15) is 11.8 Å². The second kappa shape index (κ2) is 9.80. The van der Waals surface area contributed by atoms with E-state index in [1.807, 2.05) is 37.3 Å². The maximum atomic E-state index is 11.7. The molecule has 2 N–H and O–H groups in total. The zero-order valence-corrected chi connectivity index (χ0v) is 12.4. The van der Waals surface area contributed by atoms with Crippen LogP contribution >= 0.6 is 0 Å². The molecule has 5 heteroatoms. The van der Waals surface area contributed by atoms with Crippen molar-refractivity contribution in [2.45, 2.75) is 45.1 Å². The number of aliphatic carboxylic acids is 1. The van der Waals surface area contributed by atoms with Gasteiger partial charge in [0.25, 0.3) is 0 Å². The van der Waals surface area contributed by atoms with E-state index >= 15 is 0 Å². The van der Waals surface area contributed by atoms with Crippen LogP contribution < -0.4 is 10.1 Å². The van der Waals surface area contributed by atoms with Gasteiger partial charge in [0.05, 0.1) is 6.61 Å². The lowest BCUT2D eigenvalue weighted by molar-refractivity contribution is -0.142. The third kappa shape index (κ3) is 7.34.